The van der Waals surface area contributed by atoms with E-state index in [1.54, 1.807) is 0 Å². The number of hydrogen-bond donors (Lipinski definition) is 0. The van der Waals surface area contributed by atoms with Gasteiger partial charge in [0.25, 0.3) is 0 Å². The number of rotatable bonds is 3. The molecule has 0 bridgehead atoms. The van der Waals surface area contributed by atoms with E-state index >= 15 is 0 Å². The summed E-state index contributed by atoms with van der Waals surface area (Å²) in [6.45, 7) is 8.30. The zero-order valence-corrected chi connectivity index (χ0v) is 12.3. The number of nitrogens with zero attached hydrogens (tertiary/aromatic N) is 1. The van der Waals surface area contributed by atoms with Crippen LogP contribution < -0.4 is 0 Å². The highest BCUT2D eigenvalue weighted by atomic mass is 19.1. The minimum atomic E-state index is -0.216. The standard InChI is InChI=1S/C19H18FN/c1-4-17-19(14-9-11-15(20)12-10-14)16-7-5-6-8-18(16)21(17)13(2)3/h4-13H,1H2,2-3H3. The zero-order valence-electron chi connectivity index (χ0n) is 12.3. The van der Waals surface area contributed by atoms with Gasteiger partial charge in [-0.15, -0.1) is 0 Å². The number of para-hydroxylation sites is 1. The van der Waals surface area contributed by atoms with Gasteiger partial charge < -0.3 is 4.57 Å². The van der Waals surface area contributed by atoms with E-state index in [0.29, 0.717) is 6.04 Å². The van der Waals surface area contributed by atoms with E-state index in [1.165, 1.54) is 23.0 Å². The molecule has 1 aromatic heterocycles. The van der Waals surface area contributed by atoms with Crippen LogP contribution in [0.3, 0.4) is 0 Å². The van der Waals surface area contributed by atoms with Crippen LogP contribution in [0.5, 0.6) is 0 Å². The topological polar surface area (TPSA) is 4.93 Å². The van der Waals surface area contributed by atoms with Crippen molar-refractivity contribution in [2.45, 2.75) is 19.9 Å². The maximum Gasteiger partial charge on any atom is 0.123 e. The van der Waals surface area contributed by atoms with Gasteiger partial charge in [0.15, 0.2) is 0 Å². The van der Waals surface area contributed by atoms with Crippen molar-refractivity contribution >= 4 is 17.0 Å². The quantitative estimate of drug-likeness (QED) is 0.582. The molecular weight excluding hydrogens is 261 g/mol. The van der Waals surface area contributed by atoms with Gasteiger partial charge in [0, 0.05) is 28.2 Å². The molecule has 0 saturated heterocycles. The Balaban J connectivity index is 2.41. The van der Waals surface area contributed by atoms with E-state index < -0.39 is 0 Å². The first-order valence-corrected chi connectivity index (χ1v) is 7.14. The van der Waals surface area contributed by atoms with Gasteiger partial charge in [-0.1, -0.05) is 36.9 Å². The van der Waals surface area contributed by atoms with Crippen molar-refractivity contribution in [3.8, 4) is 11.1 Å². The van der Waals surface area contributed by atoms with Crippen LogP contribution in [0.2, 0.25) is 0 Å². The van der Waals surface area contributed by atoms with E-state index in [2.05, 4.69) is 37.1 Å². The van der Waals surface area contributed by atoms with Crippen LogP contribution in [0.1, 0.15) is 25.6 Å². The molecule has 0 saturated carbocycles. The van der Waals surface area contributed by atoms with E-state index in [0.717, 1.165) is 16.8 Å². The van der Waals surface area contributed by atoms with Crippen LogP contribution in [0, 0.1) is 5.82 Å². The van der Waals surface area contributed by atoms with Crippen LogP contribution >= 0.6 is 0 Å². The summed E-state index contributed by atoms with van der Waals surface area (Å²) in [5.74, 6) is -0.216. The third-order valence-corrected chi connectivity index (χ3v) is 3.79. The molecule has 0 amide bonds. The molecule has 0 atom stereocenters. The summed E-state index contributed by atoms with van der Waals surface area (Å²) in [6.07, 6.45) is 1.89. The summed E-state index contributed by atoms with van der Waals surface area (Å²) in [7, 11) is 0. The Morgan fingerprint density at radius 3 is 2.33 bits per heavy atom. The normalized spacial score (nSPS) is 11.2. The Hall–Kier alpha value is -2.35. The Bertz CT molecular complexity index is 794. The van der Waals surface area contributed by atoms with E-state index in [9.17, 15) is 4.39 Å². The lowest BCUT2D eigenvalue weighted by atomic mass is 10.0. The highest BCUT2D eigenvalue weighted by molar-refractivity contribution is 6.00. The summed E-state index contributed by atoms with van der Waals surface area (Å²) in [4.78, 5) is 0. The molecule has 3 rings (SSSR count). The lowest BCUT2D eigenvalue weighted by Crippen LogP contribution is -2.02. The number of hydrogen-bond acceptors (Lipinski definition) is 0. The van der Waals surface area contributed by atoms with Crippen LogP contribution in [-0.2, 0) is 0 Å². The molecule has 0 aliphatic heterocycles. The fourth-order valence-corrected chi connectivity index (χ4v) is 2.96. The third kappa shape index (κ3) is 2.17. The lowest BCUT2D eigenvalue weighted by molar-refractivity contribution is 0.619. The first-order valence-electron chi connectivity index (χ1n) is 7.14. The van der Waals surface area contributed by atoms with Crippen LogP contribution in [0.4, 0.5) is 4.39 Å². The fourth-order valence-electron chi connectivity index (χ4n) is 2.96. The van der Waals surface area contributed by atoms with Gasteiger partial charge in [0.1, 0.15) is 5.82 Å². The number of aromatic nitrogens is 1. The third-order valence-electron chi connectivity index (χ3n) is 3.79. The molecule has 2 heteroatoms. The smallest absolute Gasteiger partial charge is 0.123 e. The highest BCUT2D eigenvalue weighted by Gasteiger charge is 2.17. The van der Waals surface area contributed by atoms with Crippen molar-refractivity contribution in [3.63, 3.8) is 0 Å². The largest absolute Gasteiger partial charge is 0.338 e. The maximum absolute atomic E-state index is 13.2. The number of benzene rings is 2. The lowest BCUT2D eigenvalue weighted by Gasteiger charge is -2.13. The zero-order chi connectivity index (χ0) is 15.0. The van der Waals surface area contributed by atoms with Crippen molar-refractivity contribution in [3.05, 3.63) is 66.6 Å². The number of halogens is 1. The molecule has 1 heterocycles. The minimum absolute atomic E-state index is 0.216. The SMILES string of the molecule is C=Cc1c(-c2ccc(F)cc2)c2ccccc2n1C(C)C. The minimum Gasteiger partial charge on any atom is -0.338 e. The second kappa shape index (κ2) is 5.21. The second-order valence-corrected chi connectivity index (χ2v) is 5.45. The molecule has 0 aliphatic carbocycles. The van der Waals surface area contributed by atoms with Gasteiger partial charge in [-0.25, -0.2) is 4.39 Å². The van der Waals surface area contributed by atoms with Gasteiger partial charge in [-0.2, -0.15) is 0 Å². The molecule has 1 nitrogen and oxygen atoms in total. The Kier molecular flexibility index (Phi) is 3.38. The molecule has 0 unspecified atom stereocenters. The van der Waals surface area contributed by atoms with Gasteiger partial charge in [0.05, 0.1) is 0 Å². The van der Waals surface area contributed by atoms with Crippen molar-refractivity contribution in [1.82, 2.24) is 4.57 Å². The summed E-state index contributed by atoms with van der Waals surface area (Å²) in [5.41, 5.74) is 4.40. The molecule has 106 valence electrons. The van der Waals surface area contributed by atoms with Crippen LogP contribution in [-0.4, -0.2) is 4.57 Å². The molecule has 0 spiro atoms. The molecule has 0 fully saturated rings. The van der Waals surface area contributed by atoms with E-state index in [4.69, 9.17) is 0 Å². The predicted molar refractivity (Wildman–Crippen MR) is 87.8 cm³/mol. The van der Waals surface area contributed by atoms with Crippen molar-refractivity contribution in [2.75, 3.05) is 0 Å². The van der Waals surface area contributed by atoms with E-state index in [-0.39, 0.29) is 5.82 Å². The molecule has 21 heavy (non-hydrogen) atoms. The first-order chi connectivity index (χ1) is 10.1. The van der Waals surface area contributed by atoms with Crippen molar-refractivity contribution in [1.29, 1.82) is 0 Å². The van der Waals surface area contributed by atoms with Crippen LogP contribution in [0.15, 0.2) is 55.1 Å². The summed E-state index contributed by atoms with van der Waals surface area (Å²) in [5, 5.41) is 1.17. The van der Waals surface area contributed by atoms with Crippen molar-refractivity contribution < 1.29 is 4.39 Å². The molecule has 0 aliphatic rings. The van der Waals surface area contributed by atoms with E-state index in [1.807, 2.05) is 30.3 Å². The monoisotopic (exact) mass is 279 g/mol. The van der Waals surface area contributed by atoms with Crippen molar-refractivity contribution in [2.24, 2.45) is 0 Å². The summed E-state index contributed by atoms with van der Waals surface area (Å²) in [6, 6.07) is 15.3. The Morgan fingerprint density at radius 2 is 1.71 bits per heavy atom. The molecular formula is C19H18FN. The second-order valence-electron chi connectivity index (χ2n) is 5.45. The predicted octanol–water partition coefficient (Wildman–Crippen LogP) is 5.67. The maximum atomic E-state index is 13.2. The average molecular weight is 279 g/mol. The van der Waals surface area contributed by atoms with Gasteiger partial charge >= 0.3 is 0 Å². The molecule has 0 N–H and O–H groups in total. The summed E-state index contributed by atoms with van der Waals surface area (Å²) < 4.78 is 15.5. The highest BCUT2D eigenvalue weighted by Crippen LogP contribution is 2.37. The van der Waals surface area contributed by atoms with Crippen LogP contribution in [0.25, 0.3) is 28.1 Å². The first kappa shape index (κ1) is 13.6. The van der Waals surface area contributed by atoms with Gasteiger partial charge in [0.2, 0.25) is 0 Å². The van der Waals surface area contributed by atoms with Gasteiger partial charge in [-0.3, -0.25) is 0 Å². The average Bonchev–Trinajstić information content (AvgIpc) is 2.82. The summed E-state index contributed by atoms with van der Waals surface area (Å²) >= 11 is 0. The fraction of sp³-hybridized carbons (Fsp3) is 0.158. The van der Waals surface area contributed by atoms with Gasteiger partial charge in [-0.05, 0) is 43.7 Å². The number of fused-ring (bicyclic) bond motifs is 1. The molecule has 3 aromatic rings. The Morgan fingerprint density at radius 1 is 1.05 bits per heavy atom. The molecule has 2 aromatic carbocycles. The Labute approximate surface area is 124 Å². The molecule has 0 radical (unpaired) electrons.